The van der Waals surface area contributed by atoms with Gasteiger partial charge in [0.2, 0.25) is 0 Å². The van der Waals surface area contributed by atoms with Gasteiger partial charge in [0.15, 0.2) is 0 Å². The zero-order valence-corrected chi connectivity index (χ0v) is 6.07. The maximum absolute atomic E-state index is 10.8. The van der Waals surface area contributed by atoms with E-state index in [1.54, 1.807) is 7.05 Å². The molecule has 1 aliphatic heterocycles. The zero-order valence-electron chi connectivity index (χ0n) is 6.07. The molecule has 0 aromatic carbocycles. The molecule has 58 valence electrons. The Morgan fingerprint density at radius 1 is 1.36 bits per heavy atom. The summed E-state index contributed by atoms with van der Waals surface area (Å²) in [5.41, 5.74) is 0. The third kappa shape index (κ3) is 1.46. The molecule has 11 heavy (non-hydrogen) atoms. The van der Waals surface area contributed by atoms with E-state index in [1.807, 2.05) is 0 Å². The summed E-state index contributed by atoms with van der Waals surface area (Å²) in [6.45, 7) is 0. The Morgan fingerprint density at radius 3 is 2.36 bits per heavy atom. The molecule has 0 aliphatic carbocycles. The van der Waals surface area contributed by atoms with Crippen LogP contribution in [0, 0.1) is 0 Å². The van der Waals surface area contributed by atoms with Crippen molar-refractivity contribution in [3.8, 4) is 0 Å². The predicted molar refractivity (Wildman–Crippen MR) is 39.2 cm³/mol. The van der Waals surface area contributed by atoms with Gasteiger partial charge in [0.05, 0.1) is 0 Å². The molecular weight excluding hydrogens is 144 g/mol. The standard InChI is InChI=1S/C7H8N2O2/c1-8-4-5-9-6(10)2-3-7(9)11/h2-5,8H,1H3. The molecule has 0 radical (unpaired) electrons. The molecule has 0 spiro atoms. The molecule has 4 heteroatoms. The highest BCUT2D eigenvalue weighted by atomic mass is 16.2. The van der Waals surface area contributed by atoms with Crippen LogP contribution in [0.5, 0.6) is 0 Å². The molecule has 0 aromatic rings. The second-order valence-corrected chi connectivity index (χ2v) is 1.98. The molecule has 1 heterocycles. The molecular formula is C7H8N2O2. The van der Waals surface area contributed by atoms with Crippen LogP contribution in [-0.4, -0.2) is 23.8 Å². The van der Waals surface area contributed by atoms with Gasteiger partial charge in [0.1, 0.15) is 0 Å². The first-order chi connectivity index (χ1) is 5.25. The first-order valence-corrected chi connectivity index (χ1v) is 3.15. The summed E-state index contributed by atoms with van der Waals surface area (Å²) in [7, 11) is 1.69. The number of hydrogen-bond donors (Lipinski definition) is 1. The Balaban J connectivity index is 2.66. The number of hydrogen-bond acceptors (Lipinski definition) is 3. The lowest BCUT2D eigenvalue weighted by Crippen LogP contribution is -2.24. The van der Waals surface area contributed by atoms with Crippen molar-refractivity contribution < 1.29 is 9.59 Å². The number of rotatable bonds is 2. The molecule has 0 fully saturated rings. The highest BCUT2D eigenvalue weighted by Gasteiger charge is 2.19. The van der Waals surface area contributed by atoms with Crippen molar-refractivity contribution in [2.24, 2.45) is 0 Å². The van der Waals surface area contributed by atoms with E-state index >= 15 is 0 Å². The molecule has 0 atom stereocenters. The van der Waals surface area contributed by atoms with E-state index in [0.29, 0.717) is 0 Å². The van der Waals surface area contributed by atoms with Gasteiger partial charge in [-0.15, -0.1) is 0 Å². The fraction of sp³-hybridized carbons (Fsp3) is 0.143. The molecule has 1 aliphatic rings. The number of amides is 2. The Bertz CT molecular complexity index is 225. The van der Waals surface area contributed by atoms with E-state index in [0.717, 1.165) is 4.90 Å². The highest BCUT2D eigenvalue weighted by Crippen LogP contribution is 2.02. The maximum Gasteiger partial charge on any atom is 0.257 e. The summed E-state index contributed by atoms with van der Waals surface area (Å²) in [6, 6.07) is 0. The van der Waals surface area contributed by atoms with Gasteiger partial charge in [-0.3, -0.25) is 9.59 Å². The van der Waals surface area contributed by atoms with Crippen molar-refractivity contribution in [3.05, 3.63) is 24.6 Å². The van der Waals surface area contributed by atoms with Crippen LogP contribution in [0.15, 0.2) is 24.6 Å². The minimum Gasteiger partial charge on any atom is -0.393 e. The van der Waals surface area contributed by atoms with Gasteiger partial charge in [0.25, 0.3) is 11.8 Å². The van der Waals surface area contributed by atoms with Crippen LogP contribution >= 0.6 is 0 Å². The molecule has 0 saturated heterocycles. The van der Waals surface area contributed by atoms with Crippen LogP contribution in [0.2, 0.25) is 0 Å². The van der Waals surface area contributed by atoms with Gasteiger partial charge in [-0.2, -0.15) is 0 Å². The summed E-state index contributed by atoms with van der Waals surface area (Å²) in [6.07, 6.45) is 5.39. The number of carbonyl (C=O) groups excluding carboxylic acids is 2. The molecule has 0 aromatic heterocycles. The summed E-state index contributed by atoms with van der Waals surface area (Å²) < 4.78 is 0. The largest absolute Gasteiger partial charge is 0.393 e. The molecule has 1 rings (SSSR count). The van der Waals surface area contributed by atoms with Gasteiger partial charge >= 0.3 is 0 Å². The quantitative estimate of drug-likeness (QED) is 0.548. The second-order valence-electron chi connectivity index (χ2n) is 1.98. The second kappa shape index (κ2) is 3.01. The van der Waals surface area contributed by atoms with E-state index in [1.165, 1.54) is 24.6 Å². The fourth-order valence-corrected chi connectivity index (χ4v) is 0.708. The fourth-order valence-electron chi connectivity index (χ4n) is 0.708. The van der Waals surface area contributed by atoms with E-state index < -0.39 is 0 Å². The Morgan fingerprint density at radius 2 is 1.91 bits per heavy atom. The van der Waals surface area contributed by atoms with Crippen molar-refractivity contribution in [1.29, 1.82) is 0 Å². The van der Waals surface area contributed by atoms with E-state index in [-0.39, 0.29) is 11.8 Å². The topological polar surface area (TPSA) is 49.4 Å². The number of imide groups is 1. The monoisotopic (exact) mass is 152 g/mol. The molecule has 4 nitrogen and oxygen atoms in total. The summed E-state index contributed by atoms with van der Waals surface area (Å²) in [4.78, 5) is 22.7. The summed E-state index contributed by atoms with van der Waals surface area (Å²) >= 11 is 0. The van der Waals surface area contributed by atoms with E-state index in [4.69, 9.17) is 0 Å². The average molecular weight is 152 g/mol. The van der Waals surface area contributed by atoms with Crippen molar-refractivity contribution in [2.45, 2.75) is 0 Å². The maximum atomic E-state index is 10.8. The van der Waals surface area contributed by atoms with Crippen molar-refractivity contribution in [1.82, 2.24) is 10.2 Å². The summed E-state index contributed by atoms with van der Waals surface area (Å²) in [5.74, 6) is -0.608. The lowest BCUT2D eigenvalue weighted by molar-refractivity contribution is -0.133. The first kappa shape index (κ1) is 7.53. The van der Waals surface area contributed by atoms with Crippen LogP contribution in [0.1, 0.15) is 0 Å². The SMILES string of the molecule is CNC=CN1C(=O)C=CC1=O. The predicted octanol–water partition coefficient (Wildman–Crippen LogP) is -0.398. The molecule has 0 unspecified atom stereocenters. The van der Waals surface area contributed by atoms with Crippen LogP contribution in [0.4, 0.5) is 0 Å². The first-order valence-electron chi connectivity index (χ1n) is 3.15. The Kier molecular flexibility index (Phi) is 2.06. The minimum atomic E-state index is -0.304. The highest BCUT2D eigenvalue weighted by molar-refractivity contribution is 6.13. The van der Waals surface area contributed by atoms with E-state index in [9.17, 15) is 9.59 Å². The van der Waals surface area contributed by atoms with Crippen LogP contribution in [0.3, 0.4) is 0 Å². The molecule has 0 bridgehead atoms. The smallest absolute Gasteiger partial charge is 0.257 e. The van der Waals surface area contributed by atoms with Crippen molar-refractivity contribution >= 4 is 11.8 Å². The van der Waals surface area contributed by atoms with Crippen molar-refractivity contribution in [2.75, 3.05) is 7.05 Å². The van der Waals surface area contributed by atoms with Crippen LogP contribution < -0.4 is 5.32 Å². The summed E-state index contributed by atoms with van der Waals surface area (Å²) in [5, 5.41) is 2.68. The van der Waals surface area contributed by atoms with Gasteiger partial charge in [-0.1, -0.05) is 0 Å². The third-order valence-electron chi connectivity index (χ3n) is 1.23. The lowest BCUT2D eigenvalue weighted by Gasteiger charge is -2.05. The van der Waals surface area contributed by atoms with E-state index in [2.05, 4.69) is 5.32 Å². The van der Waals surface area contributed by atoms with Crippen molar-refractivity contribution in [3.63, 3.8) is 0 Å². The van der Waals surface area contributed by atoms with Crippen LogP contribution in [-0.2, 0) is 9.59 Å². The third-order valence-corrected chi connectivity index (χ3v) is 1.23. The average Bonchev–Trinajstić information content (AvgIpc) is 2.29. The van der Waals surface area contributed by atoms with Gasteiger partial charge < -0.3 is 5.32 Å². The molecule has 0 saturated carbocycles. The van der Waals surface area contributed by atoms with Crippen LogP contribution in [0.25, 0.3) is 0 Å². The normalized spacial score (nSPS) is 17.0. The minimum absolute atomic E-state index is 0.304. The number of nitrogens with one attached hydrogen (secondary N) is 1. The number of carbonyl (C=O) groups is 2. The lowest BCUT2D eigenvalue weighted by atomic mass is 10.6. The molecule has 1 N–H and O–H groups in total. The van der Waals surface area contributed by atoms with Gasteiger partial charge in [-0.25, -0.2) is 4.90 Å². The number of nitrogens with zero attached hydrogens (tertiary/aromatic N) is 1. The van der Waals surface area contributed by atoms with Gasteiger partial charge in [0, 0.05) is 31.6 Å². The Hall–Kier alpha value is -1.58. The van der Waals surface area contributed by atoms with Gasteiger partial charge in [-0.05, 0) is 0 Å². The zero-order chi connectivity index (χ0) is 8.27. The molecule has 2 amide bonds. The Labute approximate surface area is 64.2 Å².